The number of amides is 1. The summed E-state index contributed by atoms with van der Waals surface area (Å²) in [5, 5.41) is 2.67. The van der Waals surface area contributed by atoms with Crippen LogP contribution in [0.5, 0.6) is 0 Å². The van der Waals surface area contributed by atoms with Crippen LogP contribution in [0.2, 0.25) is 0 Å². The molecule has 0 aliphatic carbocycles. The molecule has 0 radical (unpaired) electrons. The summed E-state index contributed by atoms with van der Waals surface area (Å²) in [5.41, 5.74) is 0.522. The zero-order valence-electron chi connectivity index (χ0n) is 13.3. The smallest absolute Gasteiger partial charge is 0.326 e. The van der Waals surface area contributed by atoms with E-state index in [1.54, 1.807) is 0 Å². The lowest BCUT2D eigenvalue weighted by Crippen LogP contribution is -2.37. The number of carbonyl (C=O) groups excluding carboxylic acids is 1. The lowest BCUT2D eigenvalue weighted by atomic mass is 10.3. The predicted molar refractivity (Wildman–Crippen MR) is 83.2 cm³/mol. The van der Waals surface area contributed by atoms with E-state index in [1.807, 2.05) is 4.90 Å². The summed E-state index contributed by atoms with van der Waals surface area (Å²) in [5.74, 6) is -0.570. The van der Waals surface area contributed by atoms with Gasteiger partial charge in [0.05, 0.1) is 6.54 Å². The number of nitrogens with zero attached hydrogens (tertiary/aromatic N) is 2. The Morgan fingerprint density at radius 3 is 2.33 bits per heavy atom. The Kier molecular flexibility index (Phi) is 6.56. The number of anilines is 1. The van der Waals surface area contributed by atoms with Crippen LogP contribution < -0.4 is 5.32 Å². The van der Waals surface area contributed by atoms with Crippen molar-refractivity contribution in [2.24, 2.45) is 0 Å². The summed E-state index contributed by atoms with van der Waals surface area (Å²) >= 11 is 0. The van der Waals surface area contributed by atoms with Crippen LogP contribution >= 0.6 is 0 Å². The van der Waals surface area contributed by atoms with Gasteiger partial charge in [-0.05, 0) is 43.8 Å². The van der Waals surface area contributed by atoms with Gasteiger partial charge in [0.15, 0.2) is 0 Å². The normalized spacial score (nSPS) is 17.5. The Bertz CT molecular complexity index is 533. The highest BCUT2D eigenvalue weighted by Crippen LogP contribution is 2.17. The van der Waals surface area contributed by atoms with E-state index >= 15 is 0 Å². The maximum atomic E-state index is 12.8. The molecule has 24 heavy (non-hydrogen) atoms. The molecule has 1 aliphatic rings. The summed E-state index contributed by atoms with van der Waals surface area (Å²) in [7, 11) is 0. The van der Waals surface area contributed by atoms with E-state index in [2.05, 4.69) is 5.32 Å². The fourth-order valence-electron chi connectivity index (χ4n) is 2.68. The van der Waals surface area contributed by atoms with Crippen molar-refractivity contribution < 1.29 is 22.4 Å². The third kappa shape index (κ3) is 6.84. The zero-order chi connectivity index (χ0) is 17.6. The van der Waals surface area contributed by atoms with E-state index in [1.165, 1.54) is 29.2 Å². The molecule has 1 aromatic carbocycles. The molecule has 1 aromatic rings. The summed E-state index contributed by atoms with van der Waals surface area (Å²) < 4.78 is 50.1. The standard InChI is InChI=1S/C16H21F4N3O/c17-13-2-4-14(5-3-13)21-15(24)6-9-22-7-1-8-23(11-10-22)12-16(18,19)20/h2-5H,1,6-12H2,(H,21,24). The van der Waals surface area contributed by atoms with Gasteiger partial charge in [-0.3, -0.25) is 9.69 Å². The Labute approximate surface area is 138 Å². The number of carbonyl (C=O) groups is 1. The number of hydrogen-bond acceptors (Lipinski definition) is 3. The summed E-state index contributed by atoms with van der Waals surface area (Å²) in [6.45, 7) is 1.56. The van der Waals surface area contributed by atoms with Crippen LogP contribution in [-0.4, -0.2) is 61.2 Å². The average Bonchev–Trinajstić information content (AvgIpc) is 2.71. The van der Waals surface area contributed by atoms with Gasteiger partial charge < -0.3 is 10.2 Å². The van der Waals surface area contributed by atoms with Crippen molar-refractivity contribution in [1.82, 2.24) is 9.80 Å². The van der Waals surface area contributed by atoms with Gasteiger partial charge in [0.2, 0.25) is 5.91 Å². The quantitative estimate of drug-likeness (QED) is 0.832. The number of alkyl halides is 3. The molecule has 2 rings (SSSR count). The lowest BCUT2D eigenvalue weighted by Gasteiger charge is -2.22. The van der Waals surface area contributed by atoms with Crippen LogP contribution in [0, 0.1) is 5.82 Å². The average molecular weight is 347 g/mol. The Hall–Kier alpha value is -1.67. The first-order chi connectivity index (χ1) is 11.3. The fraction of sp³-hybridized carbons (Fsp3) is 0.562. The number of rotatable bonds is 5. The van der Waals surface area contributed by atoms with E-state index in [0.717, 1.165) is 0 Å². The SMILES string of the molecule is O=C(CCN1CCCN(CC(F)(F)F)CC1)Nc1ccc(F)cc1. The highest BCUT2D eigenvalue weighted by atomic mass is 19.4. The number of nitrogens with one attached hydrogen (secondary N) is 1. The molecular formula is C16H21F4N3O. The third-order valence-electron chi connectivity index (χ3n) is 3.87. The molecule has 1 saturated heterocycles. The van der Waals surface area contributed by atoms with Gasteiger partial charge in [0.25, 0.3) is 0 Å². The monoisotopic (exact) mass is 347 g/mol. The topological polar surface area (TPSA) is 35.6 Å². The molecule has 8 heteroatoms. The van der Waals surface area contributed by atoms with Crippen LogP contribution in [0.25, 0.3) is 0 Å². The molecule has 0 bridgehead atoms. The first-order valence-electron chi connectivity index (χ1n) is 7.89. The fourth-order valence-corrected chi connectivity index (χ4v) is 2.68. The highest BCUT2D eigenvalue weighted by molar-refractivity contribution is 5.90. The second kappa shape index (κ2) is 8.43. The molecule has 1 fully saturated rings. The van der Waals surface area contributed by atoms with E-state index in [9.17, 15) is 22.4 Å². The molecular weight excluding hydrogens is 326 g/mol. The second-order valence-electron chi connectivity index (χ2n) is 5.89. The van der Waals surface area contributed by atoms with Crippen molar-refractivity contribution in [2.75, 3.05) is 44.6 Å². The van der Waals surface area contributed by atoms with Gasteiger partial charge in [0, 0.05) is 31.7 Å². The first kappa shape index (κ1) is 18.7. The number of hydrogen-bond donors (Lipinski definition) is 1. The van der Waals surface area contributed by atoms with Gasteiger partial charge in [0.1, 0.15) is 5.82 Å². The van der Waals surface area contributed by atoms with Gasteiger partial charge in [-0.25, -0.2) is 4.39 Å². The van der Waals surface area contributed by atoms with Crippen molar-refractivity contribution >= 4 is 11.6 Å². The van der Waals surface area contributed by atoms with Gasteiger partial charge >= 0.3 is 6.18 Å². The molecule has 134 valence electrons. The number of halogens is 4. The van der Waals surface area contributed by atoms with Crippen molar-refractivity contribution in [3.63, 3.8) is 0 Å². The van der Waals surface area contributed by atoms with E-state index in [-0.39, 0.29) is 18.1 Å². The lowest BCUT2D eigenvalue weighted by molar-refractivity contribution is -0.145. The first-order valence-corrected chi connectivity index (χ1v) is 7.89. The van der Waals surface area contributed by atoms with Crippen molar-refractivity contribution in [3.05, 3.63) is 30.1 Å². The van der Waals surface area contributed by atoms with Crippen LogP contribution in [0.3, 0.4) is 0 Å². The minimum absolute atomic E-state index is 0.196. The molecule has 1 amide bonds. The van der Waals surface area contributed by atoms with Gasteiger partial charge in [-0.15, -0.1) is 0 Å². The second-order valence-corrected chi connectivity index (χ2v) is 5.89. The predicted octanol–water partition coefficient (Wildman–Crippen LogP) is 2.72. The molecule has 0 unspecified atom stereocenters. The summed E-state index contributed by atoms with van der Waals surface area (Å²) in [4.78, 5) is 15.3. The Morgan fingerprint density at radius 2 is 1.67 bits per heavy atom. The van der Waals surface area contributed by atoms with Crippen LogP contribution in [-0.2, 0) is 4.79 Å². The maximum absolute atomic E-state index is 12.8. The van der Waals surface area contributed by atoms with E-state index < -0.39 is 12.7 Å². The minimum Gasteiger partial charge on any atom is -0.326 e. The minimum atomic E-state index is -4.18. The van der Waals surface area contributed by atoms with E-state index in [4.69, 9.17) is 0 Å². The molecule has 0 saturated carbocycles. The molecule has 0 aromatic heterocycles. The van der Waals surface area contributed by atoms with Crippen LogP contribution in [0.1, 0.15) is 12.8 Å². The Morgan fingerprint density at radius 1 is 1.04 bits per heavy atom. The number of benzene rings is 1. The molecule has 0 atom stereocenters. The van der Waals surface area contributed by atoms with E-state index in [0.29, 0.717) is 44.8 Å². The molecule has 1 N–H and O–H groups in total. The molecule has 0 spiro atoms. The largest absolute Gasteiger partial charge is 0.401 e. The zero-order valence-corrected chi connectivity index (χ0v) is 13.3. The summed E-state index contributed by atoms with van der Waals surface area (Å²) in [6.07, 6.45) is -3.28. The molecule has 4 nitrogen and oxygen atoms in total. The van der Waals surface area contributed by atoms with Crippen molar-refractivity contribution in [1.29, 1.82) is 0 Å². The van der Waals surface area contributed by atoms with Gasteiger partial charge in [-0.2, -0.15) is 13.2 Å². The third-order valence-corrected chi connectivity index (χ3v) is 3.87. The summed E-state index contributed by atoms with van der Waals surface area (Å²) in [6, 6.07) is 5.49. The Balaban J connectivity index is 1.72. The maximum Gasteiger partial charge on any atom is 0.401 e. The van der Waals surface area contributed by atoms with Crippen molar-refractivity contribution in [2.45, 2.75) is 19.0 Å². The van der Waals surface area contributed by atoms with Gasteiger partial charge in [-0.1, -0.05) is 0 Å². The van der Waals surface area contributed by atoms with Crippen molar-refractivity contribution in [3.8, 4) is 0 Å². The van der Waals surface area contributed by atoms with Crippen LogP contribution in [0.4, 0.5) is 23.2 Å². The highest BCUT2D eigenvalue weighted by Gasteiger charge is 2.31. The van der Waals surface area contributed by atoms with Crippen LogP contribution in [0.15, 0.2) is 24.3 Å². The molecule has 1 aliphatic heterocycles. The molecule has 1 heterocycles.